The summed E-state index contributed by atoms with van der Waals surface area (Å²) in [5.74, 6) is 0.134. The molecular weight excluding hydrogens is 272 g/mol. The number of hydrogen-bond donors (Lipinski definition) is 2. The third-order valence-corrected chi connectivity index (χ3v) is 4.43. The quantitative estimate of drug-likeness (QED) is 0.744. The molecule has 0 radical (unpaired) electrons. The van der Waals surface area contributed by atoms with Crippen LogP contribution >= 0.6 is 0 Å². The Morgan fingerprint density at radius 3 is 2.82 bits per heavy atom. The molecule has 0 unspecified atom stereocenters. The van der Waals surface area contributed by atoms with Gasteiger partial charge in [0.05, 0.1) is 0 Å². The van der Waals surface area contributed by atoms with Crippen LogP contribution in [0.5, 0.6) is 0 Å². The van der Waals surface area contributed by atoms with Crippen LogP contribution in [-0.2, 0) is 4.79 Å². The Labute approximate surface area is 134 Å². The van der Waals surface area contributed by atoms with Gasteiger partial charge in [0.2, 0.25) is 5.91 Å². The van der Waals surface area contributed by atoms with E-state index in [4.69, 9.17) is 0 Å². The van der Waals surface area contributed by atoms with E-state index in [0.29, 0.717) is 13.0 Å². The molecule has 0 saturated carbocycles. The van der Waals surface area contributed by atoms with Crippen LogP contribution in [0.3, 0.4) is 0 Å². The predicted octanol–water partition coefficient (Wildman–Crippen LogP) is 4.11. The third kappa shape index (κ3) is 5.21. The Kier molecular flexibility index (Phi) is 6.50. The van der Waals surface area contributed by atoms with Crippen LogP contribution in [0.4, 0.5) is 5.69 Å². The van der Waals surface area contributed by atoms with Crippen LogP contribution < -0.4 is 10.6 Å². The molecule has 0 saturated heterocycles. The molecule has 0 aromatic heterocycles. The minimum atomic E-state index is 0.134. The molecule has 120 valence electrons. The number of amides is 1. The fraction of sp³-hybridized carbons (Fsp3) is 0.526. The molecule has 0 spiro atoms. The number of aryl methyl sites for hydroxylation is 1. The number of benzene rings is 1. The Balaban J connectivity index is 1.63. The number of rotatable bonds is 7. The monoisotopic (exact) mass is 300 g/mol. The van der Waals surface area contributed by atoms with Crippen molar-refractivity contribution in [1.82, 2.24) is 5.32 Å². The summed E-state index contributed by atoms with van der Waals surface area (Å²) in [4.78, 5) is 11.9. The lowest BCUT2D eigenvalue weighted by atomic mass is 9.97. The first-order valence-electron chi connectivity index (χ1n) is 8.41. The van der Waals surface area contributed by atoms with Crippen LogP contribution in [0.1, 0.15) is 49.7 Å². The van der Waals surface area contributed by atoms with Crippen LogP contribution in [0.25, 0.3) is 0 Å². The lowest BCUT2D eigenvalue weighted by molar-refractivity contribution is -0.120. The van der Waals surface area contributed by atoms with E-state index in [0.717, 1.165) is 18.7 Å². The molecule has 1 aliphatic rings. The molecule has 1 aromatic rings. The highest BCUT2D eigenvalue weighted by Gasteiger charge is 2.06. The normalized spacial score (nSPS) is 14.4. The van der Waals surface area contributed by atoms with Crippen molar-refractivity contribution in [3.63, 3.8) is 0 Å². The molecule has 22 heavy (non-hydrogen) atoms. The van der Waals surface area contributed by atoms with E-state index in [1.165, 1.54) is 42.4 Å². The van der Waals surface area contributed by atoms with Gasteiger partial charge in [0, 0.05) is 25.2 Å². The fourth-order valence-electron chi connectivity index (χ4n) is 2.84. The molecule has 2 rings (SSSR count). The maximum Gasteiger partial charge on any atom is 0.221 e. The summed E-state index contributed by atoms with van der Waals surface area (Å²) in [6.07, 6.45) is 8.92. The molecular formula is C19H28N2O. The summed E-state index contributed by atoms with van der Waals surface area (Å²) in [6, 6.07) is 6.21. The van der Waals surface area contributed by atoms with Crippen molar-refractivity contribution in [2.75, 3.05) is 18.4 Å². The van der Waals surface area contributed by atoms with Crippen molar-refractivity contribution in [2.45, 2.75) is 52.4 Å². The van der Waals surface area contributed by atoms with Gasteiger partial charge in [-0.25, -0.2) is 0 Å². The predicted molar refractivity (Wildman–Crippen MR) is 93.2 cm³/mol. The minimum absolute atomic E-state index is 0.134. The summed E-state index contributed by atoms with van der Waals surface area (Å²) in [7, 11) is 0. The molecule has 3 nitrogen and oxygen atoms in total. The van der Waals surface area contributed by atoms with Gasteiger partial charge in [-0.3, -0.25) is 4.79 Å². The zero-order chi connectivity index (χ0) is 15.8. The van der Waals surface area contributed by atoms with Gasteiger partial charge in [-0.05, 0) is 63.1 Å². The second kappa shape index (κ2) is 8.62. The van der Waals surface area contributed by atoms with Crippen molar-refractivity contribution in [3.05, 3.63) is 41.0 Å². The average molecular weight is 300 g/mol. The summed E-state index contributed by atoms with van der Waals surface area (Å²) < 4.78 is 0. The SMILES string of the molecule is Cc1cccc(NCCC(=O)NCCC2=CCCCC2)c1C. The number of hydrogen-bond acceptors (Lipinski definition) is 2. The highest BCUT2D eigenvalue weighted by atomic mass is 16.1. The van der Waals surface area contributed by atoms with Crippen LogP contribution in [0.2, 0.25) is 0 Å². The first-order chi connectivity index (χ1) is 10.7. The number of allylic oxidation sites excluding steroid dienone is 1. The van der Waals surface area contributed by atoms with Gasteiger partial charge in [0.25, 0.3) is 0 Å². The second-order valence-electron chi connectivity index (χ2n) is 6.13. The van der Waals surface area contributed by atoms with E-state index >= 15 is 0 Å². The maximum atomic E-state index is 11.9. The third-order valence-electron chi connectivity index (χ3n) is 4.43. The first kappa shape index (κ1) is 16.6. The van der Waals surface area contributed by atoms with Crippen molar-refractivity contribution in [2.24, 2.45) is 0 Å². The van der Waals surface area contributed by atoms with Crippen LogP contribution in [0.15, 0.2) is 29.8 Å². The van der Waals surface area contributed by atoms with E-state index in [-0.39, 0.29) is 5.91 Å². The van der Waals surface area contributed by atoms with Gasteiger partial charge in [-0.1, -0.05) is 23.8 Å². The van der Waals surface area contributed by atoms with E-state index in [1.807, 2.05) is 6.07 Å². The van der Waals surface area contributed by atoms with E-state index in [9.17, 15) is 4.79 Å². The van der Waals surface area contributed by atoms with Gasteiger partial charge < -0.3 is 10.6 Å². The number of anilines is 1. The van der Waals surface area contributed by atoms with Crippen molar-refractivity contribution in [1.29, 1.82) is 0 Å². The second-order valence-corrected chi connectivity index (χ2v) is 6.13. The Morgan fingerprint density at radius 1 is 1.18 bits per heavy atom. The van der Waals surface area contributed by atoms with Crippen molar-refractivity contribution < 1.29 is 4.79 Å². The zero-order valence-corrected chi connectivity index (χ0v) is 13.9. The maximum absolute atomic E-state index is 11.9. The summed E-state index contributed by atoms with van der Waals surface area (Å²) in [5, 5.41) is 6.37. The van der Waals surface area contributed by atoms with E-state index in [1.54, 1.807) is 0 Å². The smallest absolute Gasteiger partial charge is 0.221 e. The van der Waals surface area contributed by atoms with Crippen molar-refractivity contribution >= 4 is 11.6 Å². The van der Waals surface area contributed by atoms with Gasteiger partial charge >= 0.3 is 0 Å². The zero-order valence-electron chi connectivity index (χ0n) is 13.9. The van der Waals surface area contributed by atoms with E-state index < -0.39 is 0 Å². The number of carbonyl (C=O) groups is 1. The highest BCUT2D eigenvalue weighted by Crippen LogP contribution is 2.19. The topological polar surface area (TPSA) is 41.1 Å². The molecule has 0 bridgehead atoms. The molecule has 0 heterocycles. The number of carbonyl (C=O) groups excluding carboxylic acids is 1. The standard InChI is InChI=1S/C19H28N2O/c1-15-7-6-10-18(16(15)2)20-14-12-19(22)21-13-11-17-8-4-3-5-9-17/h6-8,10,20H,3-5,9,11-14H2,1-2H3,(H,21,22). The minimum Gasteiger partial charge on any atom is -0.384 e. The van der Waals surface area contributed by atoms with Gasteiger partial charge in [-0.2, -0.15) is 0 Å². The molecule has 1 aliphatic carbocycles. The first-order valence-corrected chi connectivity index (χ1v) is 8.41. The van der Waals surface area contributed by atoms with Gasteiger partial charge in [-0.15, -0.1) is 0 Å². The largest absolute Gasteiger partial charge is 0.384 e. The Hall–Kier alpha value is -1.77. The molecule has 2 N–H and O–H groups in total. The summed E-state index contributed by atoms with van der Waals surface area (Å²) >= 11 is 0. The molecule has 0 fully saturated rings. The lowest BCUT2D eigenvalue weighted by Gasteiger charge is -2.13. The Bertz CT molecular complexity index is 534. The van der Waals surface area contributed by atoms with Gasteiger partial charge in [0.1, 0.15) is 0 Å². The molecule has 0 aliphatic heterocycles. The molecule has 0 atom stereocenters. The van der Waals surface area contributed by atoms with Crippen molar-refractivity contribution in [3.8, 4) is 0 Å². The summed E-state index contributed by atoms with van der Waals surface area (Å²) in [5.41, 5.74) is 5.17. The van der Waals surface area contributed by atoms with Crippen LogP contribution in [0, 0.1) is 13.8 Å². The summed E-state index contributed by atoms with van der Waals surface area (Å²) in [6.45, 7) is 5.66. The van der Waals surface area contributed by atoms with E-state index in [2.05, 4.69) is 42.7 Å². The molecule has 3 heteroatoms. The molecule has 1 amide bonds. The highest BCUT2D eigenvalue weighted by molar-refractivity contribution is 5.76. The van der Waals surface area contributed by atoms with Gasteiger partial charge in [0.15, 0.2) is 0 Å². The fourth-order valence-corrected chi connectivity index (χ4v) is 2.84. The number of nitrogens with one attached hydrogen (secondary N) is 2. The average Bonchev–Trinajstić information content (AvgIpc) is 2.52. The van der Waals surface area contributed by atoms with Crippen LogP contribution in [-0.4, -0.2) is 19.0 Å². The Morgan fingerprint density at radius 2 is 2.05 bits per heavy atom. The lowest BCUT2D eigenvalue weighted by Crippen LogP contribution is -2.26. The molecule has 1 aromatic carbocycles.